The van der Waals surface area contributed by atoms with Gasteiger partial charge in [0.1, 0.15) is 24.0 Å². The molecule has 10 rings (SSSR count). The molecule has 17 nitrogen and oxygen atoms in total. The van der Waals surface area contributed by atoms with Crippen LogP contribution in [0.2, 0.25) is 0 Å². The molecule has 64 heavy (non-hydrogen) atoms. The van der Waals surface area contributed by atoms with E-state index in [2.05, 4.69) is 11.4 Å². The van der Waals surface area contributed by atoms with Crippen molar-refractivity contribution >= 4 is 35.8 Å². The number of nitrogens with one attached hydrogen (secondary N) is 1. The van der Waals surface area contributed by atoms with Crippen molar-refractivity contribution in [2.45, 2.75) is 108 Å². The molecule has 338 valence electrons. The summed E-state index contributed by atoms with van der Waals surface area (Å²) >= 11 is 1.34. The molecule has 2 fully saturated rings. The lowest BCUT2D eigenvalue weighted by molar-refractivity contribution is -0.157. The Hall–Kier alpha value is -5.90. The number of phenolic OH excluding ortho intramolecular Hbond substituents is 1. The van der Waals surface area contributed by atoms with E-state index in [4.69, 9.17) is 37.9 Å². The van der Waals surface area contributed by atoms with Crippen molar-refractivity contribution in [2.24, 2.45) is 0 Å². The van der Waals surface area contributed by atoms with Crippen LogP contribution in [0.25, 0.3) is 0 Å². The summed E-state index contributed by atoms with van der Waals surface area (Å²) in [6.07, 6.45) is -0.0329. The van der Waals surface area contributed by atoms with Crippen molar-refractivity contribution in [2.75, 3.05) is 39.9 Å². The number of fused-ring (bicyclic) bond motifs is 9. The molecule has 7 heterocycles. The molecule has 3 aromatic carbocycles. The molecule has 0 saturated carbocycles. The molecule has 7 aliphatic rings. The highest BCUT2D eigenvalue weighted by Gasteiger charge is 2.64. The van der Waals surface area contributed by atoms with Crippen molar-refractivity contribution in [3.8, 4) is 46.3 Å². The molecule has 18 heteroatoms. The number of ether oxygens (including phenoxy) is 8. The molecule has 2 saturated heterocycles. The number of hydrogen-bond donors (Lipinski definition) is 2. The number of benzene rings is 3. The van der Waals surface area contributed by atoms with Crippen LogP contribution in [0.15, 0.2) is 18.2 Å². The van der Waals surface area contributed by atoms with Crippen LogP contribution in [0.5, 0.6) is 40.2 Å². The van der Waals surface area contributed by atoms with E-state index in [1.807, 2.05) is 17.9 Å². The molecule has 2 unspecified atom stereocenters. The lowest BCUT2D eigenvalue weighted by Gasteiger charge is -2.62. The molecule has 7 atom stereocenters. The van der Waals surface area contributed by atoms with Gasteiger partial charge in [-0.05, 0) is 81.8 Å². The van der Waals surface area contributed by atoms with Crippen LogP contribution in [-0.4, -0.2) is 103 Å². The van der Waals surface area contributed by atoms with Gasteiger partial charge in [-0.25, -0.2) is 9.59 Å². The molecule has 2 N–H and O–H groups in total. The SMILES string of the molecule is COc1cc2c(cc1OC(C)=O)CCN[C@]21CS[C@@H]2c3c(OC(C)=O)c(C)c4c(c3[C@H](COC1=O)N1C2C2c3c(cc(C)c(OC)c3O)C[C@@H]([C@@H]1C#N)N2C(=O)OC(C)(C)C)OCO4. The Balaban J connectivity index is 1.34. The lowest BCUT2D eigenvalue weighted by atomic mass is 9.71. The number of methoxy groups -OCH3 is 2. The smallest absolute Gasteiger partial charge is 0.411 e. The van der Waals surface area contributed by atoms with E-state index in [-0.39, 0.29) is 54.3 Å². The number of aryl methyl sites for hydroxylation is 1. The Morgan fingerprint density at radius 1 is 0.953 bits per heavy atom. The normalized spacial score (nSPS) is 26.3. The molecule has 0 aromatic heterocycles. The number of carbonyl (C=O) groups is 4. The Bertz CT molecular complexity index is 2570. The Morgan fingerprint density at radius 3 is 2.36 bits per heavy atom. The van der Waals surface area contributed by atoms with Gasteiger partial charge in [-0.3, -0.25) is 24.7 Å². The zero-order chi connectivity index (χ0) is 45.7. The second-order valence-electron chi connectivity index (χ2n) is 17.9. The first-order chi connectivity index (χ1) is 30.4. The Kier molecular flexibility index (Phi) is 10.6. The standard InChI is InChI=1S/C46H50N4O13S/c1-20-12-25-13-27-28(16-47)49-29-17-58-43(54)46(26-15-30(56-8)31(61-22(3)51)14-24(26)10-11-48-46)18-64-42(34-33(29)41-40(59-19-60-41)21(2)39(34)62-23(4)52)36(49)35(32(25)37(53)38(20)57-9)50(27)44(55)63-45(5,6)7/h12,14-15,27-29,35-36,42,48,53H,10-11,13,17-19H2,1-9H3/t27-,28-,29-,35?,36?,42+,46+/m0/s1. The highest BCUT2D eigenvalue weighted by Crippen LogP contribution is 2.65. The minimum absolute atomic E-state index is 0.00310. The molecule has 1 spiro atoms. The number of amides is 1. The summed E-state index contributed by atoms with van der Waals surface area (Å²) < 4.78 is 48.1. The van der Waals surface area contributed by atoms with Gasteiger partial charge < -0.3 is 43.0 Å². The maximum absolute atomic E-state index is 15.1. The van der Waals surface area contributed by atoms with Crippen molar-refractivity contribution in [3.63, 3.8) is 0 Å². The van der Waals surface area contributed by atoms with Crippen LogP contribution in [0.3, 0.4) is 0 Å². The van der Waals surface area contributed by atoms with Gasteiger partial charge in [-0.1, -0.05) is 6.07 Å². The summed E-state index contributed by atoms with van der Waals surface area (Å²) in [7, 11) is 2.91. The van der Waals surface area contributed by atoms with Crippen LogP contribution in [-0.2, 0) is 42.2 Å². The van der Waals surface area contributed by atoms with E-state index in [0.717, 1.165) is 11.1 Å². The molecule has 4 bridgehead atoms. The fraction of sp³-hybridized carbons (Fsp3) is 0.500. The van der Waals surface area contributed by atoms with Gasteiger partial charge >= 0.3 is 24.0 Å². The quantitative estimate of drug-likeness (QED) is 0.245. The predicted octanol–water partition coefficient (Wildman–Crippen LogP) is 5.51. The van der Waals surface area contributed by atoms with Crippen molar-refractivity contribution in [1.29, 1.82) is 5.26 Å². The third-order valence-electron chi connectivity index (χ3n) is 13.0. The number of esters is 3. The summed E-state index contributed by atoms with van der Waals surface area (Å²) in [5.41, 5.74) is 2.19. The minimum atomic E-state index is -1.51. The first kappa shape index (κ1) is 43.4. The van der Waals surface area contributed by atoms with Crippen LogP contribution in [0.4, 0.5) is 4.79 Å². The maximum Gasteiger partial charge on any atom is 0.411 e. The minimum Gasteiger partial charge on any atom is -0.504 e. The molecular weight excluding hydrogens is 849 g/mol. The fourth-order valence-electron chi connectivity index (χ4n) is 10.7. The van der Waals surface area contributed by atoms with E-state index in [1.165, 1.54) is 39.8 Å². The number of carbonyl (C=O) groups excluding carboxylic acids is 4. The second kappa shape index (κ2) is 15.7. The van der Waals surface area contributed by atoms with Crippen molar-refractivity contribution < 1.29 is 62.2 Å². The van der Waals surface area contributed by atoms with Crippen LogP contribution in [0, 0.1) is 25.2 Å². The van der Waals surface area contributed by atoms with Crippen LogP contribution < -0.4 is 33.7 Å². The highest BCUT2D eigenvalue weighted by atomic mass is 32.2. The monoisotopic (exact) mass is 898 g/mol. The number of thioether (sulfide) groups is 1. The highest BCUT2D eigenvalue weighted by molar-refractivity contribution is 7.99. The van der Waals surface area contributed by atoms with Crippen molar-refractivity contribution in [1.82, 2.24) is 15.1 Å². The van der Waals surface area contributed by atoms with E-state index >= 15 is 4.79 Å². The Morgan fingerprint density at radius 2 is 1.69 bits per heavy atom. The van der Waals surface area contributed by atoms with Gasteiger partial charge in [0.15, 0.2) is 40.0 Å². The predicted molar refractivity (Wildman–Crippen MR) is 228 cm³/mol. The summed E-state index contributed by atoms with van der Waals surface area (Å²) in [6.45, 7) is 11.4. The lowest BCUT2D eigenvalue weighted by Crippen LogP contribution is -2.71. The van der Waals surface area contributed by atoms with Gasteiger partial charge in [0.05, 0.1) is 49.7 Å². The summed E-state index contributed by atoms with van der Waals surface area (Å²) in [4.78, 5) is 58.8. The summed E-state index contributed by atoms with van der Waals surface area (Å²) in [5.74, 6) is -0.314. The average molecular weight is 899 g/mol. The van der Waals surface area contributed by atoms with Crippen LogP contribution in [0.1, 0.15) is 96.5 Å². The molecule has 0 radical (unpaired) electrons. The third-order valence-corrected chi connectivity index (χ3v) is 14.4. The maximum atomic E-state index is 15.1. The molecule has 7 aliphatic heterocycles. The Labute approximate surface area is 374 Å². The molecule has 0 aliphatic carbocycles. The molecular formula is C46H50N4O13S. The zero-order valence-electron chi connectivity index (χ0n) is 37.0. The molecule has 1 amide bonds. The fourth-order valence-corrected chi connectivity index (χ4v) is 12.4. The number of nitrogens with zero attached hydrogens (tertiary/aromatic N) is 3. The number of hydrogen-bond acceptors (Lipinski definition) is 17. The van der Waals surface area contributed by atoms with Gasteiger partial charge in [0.25, 0.3) is 0 Å². The number of phenols is 1. The number of nitriles is 1. The first-order valence-electron chi connectivity index (χ1n) is 21.1. The van der Waals surface area contributed by atoms with E-state index in [9.17, 15) is 24.8 Å². The van der Waals surface area contributed by atoms with Gasteiger partial charge in [-0.15, -0.1) is 11.8 Å². The van der Waals surface area contributed by atoms with E-state index < -0.39 is 70.6 Å². The summed E-state index contributed by atoms with van der Waals surface area (Å²) in [5, 5.41) is 26.4. The number of rotatable bonds is 4. The largest absolute Gasteiger partial charge is 0.504 e. The van der Waals surface area contributed by atoms with Crippen LogP contribution >= 0.6 is 11.8 Å². The zero-order valence-corrected chi connectivity index (χ0v) is 37.9. The van der Waals surface area contributed by atoms with Gasteiger partial charge in [0, 0.05) is 48.4 Å². The molecule has 3 aromatic rings. The summed E-state index contributed by atoms with van der Waals surface area (Å²) in [6, 6.07) is 3.18. The average Bonchev–Trinajstić information content (AvgIpc) is 3.72. The van der Waals surface area contributed by atoms with E-state index in [1.54, 1.807) is 44.7 Å². The number of aromatic hydroxyl groups is 1. The first-order valence-corrected chi connectivity index (χ1v) is 22.1. The van der Waals surface area contributed by atoms with Gasteiger partial charge in [0.2, 0.25) is 6.79 Å². The van der Waals surface area contributed by atoms with Gasteiger partial charge in [-0.2, -0.15) is 5.26 Å². The van der Waals surface area contributed by atoms with E-state index in [0.29, 0.717) is 57.8 Å². The third kappa shape index (κ3) is 6.56. The van der Waals surface area contributed by atoms with Crippen molar-refractivity contribution in [3.05, 3.63) is 62.7 Å². The number of piperazine rings is 1. The second-order valence-corrected chi connectivity index (χ2v) is 19.0. The topological polar surface area (TPSA) is 205 Å².